The molecule has 19 heavy (non-hydrogen) atoms. The Balaban J connectivity index is 2.57. The number of carbonyl (C=O) groups excluding carboxylic acids is 1. The van der Waals surface area contributed by atoms with Crippen LogP contribution in [0.25, 0.3) is 5.57 Å². The molecule has 0 atom stereocenters. The Hall–Kier alpha value is -1.70. The first-order valence-electron chi connectivity index (χ1n) is 6.71. The summed E-state index contributed by atoms with van der Waals surface area (Å²) in [5.74, 6) is 0.167. The van der Waals surface area contributed by atoms with Gasteiger partial charge in [-0.25, -0.2) is 4.39 Å². The first kappa shape index (κ1) is 13.7. The molecule has 0 heterocycles. The molecule has 1 aromatic rings. The molecule has 0 N–H and O–H groups in total. The molecule has 0 saturated heterocycles. The fourth-order valence-corrected chi connectivity index (χ4v) is 2.53. The third kappa shape index (κ3) is 2.83. The molecule has 1 nitrogen and oxygen atoms in total. The van der Waals surface area contributed by atoms with Crippen molar-refractivity contribution >= 4 is 11.4 Å². The Morgan fingerprint density at radius 2 is 2.05 bits per heavy atom. The van der Waals surface area contributed by atoms with E-state index in [9.17, 15) is 9.18 Å². The lowest BCUT2D eigenvalue weighted by Crippen LogP contribution is -2.05. The Morgan fingerprint density at radius 3 is 2.68 bits per heavy atom. The second kappa shape index (κ2) is 5.52. The number of Topliss-reactive ketones (excluding diaryl/α,β-unsaturated/α-hetero) is 1. The molecule has 1 aliphatic rings. The third-order valence-electron chi connectivity index (χ3n) is 3.55. The van der Waals surface area contributed by atoms with Gasteiger partial charge in [-0.05, 0) is 43.4 Å². The van der Waals surface area contributed by atoms with Gasteiger partial charge in [-0.2, -0.15) is 0 Å². The topological polar surface area (TPSA) is 17.1 Å². The normalized spacial score (nSPS) is 15.7. The van der Waals surface area contributed by atoms with Gasteiger partial charge in [0.15, 0.2) is 5.78 Å². The number of hydrogen-bond donors (Lipinski definition) is 0. The average Bonchev–Trinajstić information content (AvgIpc) is 2.38. The van der Waals surface area contributed by atoms with Crippen molar-refractivity contribution in [2.45, 2.75) is 33.6 Å². The standard InChI is InChI=1S/C17H19FO/c1-11(2)15-8-5-9-16(18)17(15)14-7-4-6-13(10-14)12(3)19/h4,6-7,9-11H,5,8H2,1-3H3. The molecule has 0 bridgehead atoms. The van der Waals surface area contributed by atoms with Crippen LogP contribution in [0.15, 0.2) is 41.7 Å². The zero-order chi connectivity index (χ0) is 14.0. The van der Waals surface area contributed by atoms with Gasteiger partial charge in [0.25, 0.3) is 0 Å². The van der Waals surface area contributed by atoms with Gasteiger partial charge in [0, 0.05) is 11.1 Å². The number of rotatable bonds is 3. The van der Waals surface area contributed by atoms with Gasteiger partial charge in [0.05, 0.1) is 0 Å². The van der Waals surface area contributed by atoms with Crippen molar-refractivity contribution in [3.63, 3.8) is 0 Å². The summed E-state index contributed by atoms with van der Waals surface area (Å²) in [7, 11) is 0. The van der Waals surface area contributed by atoms with Gasteiger partial charge < -0.3 is 0 Å². The van der Waals surface area contributed by atoms with Crippen molar-refractivity contribution in [3.05, 3.63) is 52.9 Å². The Kier molecular flexibility index (Phi) is 3.98. The molecule has 0 saturated carbocycles. The number of allylic oxidation sites excluding steroid dienone is 4. The molecule has 0 aliphatic heterocycles. The summed E-state index contributed by atoms with van der Waals surface area (Å²) in [4.78, 5) is 11.5. The lowest BCUT2D eigenvalue weighted by Gasteiger charge is -2.21. The lowest BCUT2D eigenvalue weighted by molar-refractivity contribution is 0.101. The molecular formula is C17H19FO. The van der Waals surface area contributed by atoms with Gasteiger partial charge >= 0.3 is 0 Å². The maximum atomic E-state index is 14.2. The maximum absolute atomic E-state index is 14.2. The van der Waals surface area contributed by atoms with Crippen LogP contribution in [0.2, 0.25) is 0 Å². The predicted octanol–water partition coefficient (Wildman–Crippen LogP) is 4.95. The number of hydrogen-bond acceptors (Lipinski definition) is 1. The predicted molar refractivity (Wildman–Crippen MR) is 76.6 cm³/mol. The summed E-state index contributed by atoms with van der Waals surface area (Å²) in [5, 5.41) is 0. The molecule has 0 amide bonds. The molecule has 0 spiro atoms. The van der Waals surface area contributed by atoms with Crippen LogP contribution >= 0.6 is 0 Å². The molecule has 2 heteroatoms. The van der Waals surface area contributed by atoms with Crippen LogP contribution in [0.3, 0.4) is 0 Å². The fraction of sp³-hybridized carbons (Fsp3) is 0.353. The summed E-state index contributed by atoms with van der Waals surface area (Å²) >= 11 is 0. The van der Waals surface area contributed by atoms with E-state index in [0.717, 1.165) is 24.0 Å². The van der Waals surface area contributed by atoms with Crippen LogP contribution in [-0.2, 0) is 0 Å². The zero-order valence-electron chi connectivity index (χ0n) is 11.7. The maximum Gasteiger partial charge on any atom is 0.159 e. The summed E-state index contributed by atoms with van der Waals surface area (Å²) in [6.07, 6.45) is 3.29. The molecule has 1 aromatic carbocycles. The number of benzene rings is 1. The van der Waals surface area contributed by atoms with Crippen molar-refractivity contribution in [2.24, 2.45) is 5.92 Å². The van der Waals surface area contributed by atoms with Gasteiger partial charge in [-0.1, -0.05) is 37.6 Å². The van der Waals surface area contributed by atoms with Gasteiger partial charge in [0.1, 0.15) is 5.83 Å². The second-order valence-electron chi connectivity index (χ2n) is 5.28. The second-order valence-corrected chi connectivity index (χ2v) is 5.28. The van der Waals surface area contributed by atoms with Crippen LogP contribution in [0.5, 0.6) is 0 Å². The summed E-state index contributed by atoms with van der Waals surface area (Å²) in [6, 6.07) is 7.26. The highest BCUT2D eigenvalue weighted by molar-refractivity contribution is 5.95. The molecule has 1 aliphatic carbocycles. The SMILES string of the molecule is CC(=O)c1cccc(C2=C(C(C)C)CCC=C2F)c1. The van der Waals surface area contributed by atoms with Crippen LogP contribution < -0.4 is 0 Å². The van der Waals surface area contributed by atoms with Gasteiger partial charge in [-0.3, -0.25) is 4.79 Å². The molecule has 0 fully saturated rings. The minimum Gasteiger partial charge on any atom is -0.295 e. The van der Waals surface area contributed by atoms with E-state index in [0.29, 0.717) is 17.1 Å². The van der Waals surface area contributed by atoms with E-state index >= 15 is 0 Å². The van der Waals surface area contributed by atoms with E-state index in [1.54, 1.807) is 18.2 Å². The quantitative estimate of drug-likeness (QED) is 0.701. The number of halogens is 1. The first-order valence-corrected chi connectivity index (χ1v) is 6.71. The fourth-order valence-electron chi connectivity index (χ4n) is 2.53. The van der Waals surface area contributed by atoms with E-state index in [4.69, 9.17) is 0 Å². The zero-order valence-corrected chi connectivity index (χ0v) is 11.7. The van der Waals surface area contributed by atoms with Crippen molar-refractivity contribution in [2.75, 3.05) is 0 Å². The highest BCUT2D eigenvalue weighted by Crippen LogP contribution is 2.37. The van der Waals surface area contributed by atoms with Crippen molar-refractivity contribution in [1.82, 2.24) is 0 Å². The van der Waals surface area contributed by atoms with Crippen molar-refractivity contribution in [3.8, 4) is 0 Å². The van der Waals surface area contributed by atoms with Crippen LogP contribution in [0.1, 0.15) is 49.5 Å². The molecule has 2 rings (SSSR count). The molecule has 100 valence electrons. The first-order chi connectivity index (χ1) is 9.00. The third-order valence-corrected chi connectivity index (χ3v) is 3.55. The van der Waals surface area contributed by atoms with Crippen LogP contribution in [-0.4, -0.2) is 5.78 Å². The average molecular weight is 258 g/mol. The molecule has 0 radical (unpaired) electrons. The van der Waals surface area contributed by atoms with E-state index in [-0.39, 0.29) is 11.6 Å². The molecule has 0 unspecified atom stereocenters. The Labute approximate surface area is 113 Å². The Bertz CT molecular complexity index is 564. The summed E-state index contributed by atoms with van der Waals surface area (Å²) in [5.41, 5.74) is 3.27. The minimum atomic E-state index is -0.157. The van der Waals surface area contributed by atoms with E-state index in [1.165, 1.54) is 6.92 Å². The molecule has 0 aromatic heterocycles. The molecular weight excluding hydrogens is 239 g/mol. The summed E-state index contributed by atoms with van der Waals surface area (Å²) < 4.78 is 14.2. The van der Waals surface area contributed by atoms with E-state index in [2.05, 4.69) is 13.8 Å². The van der Waals surface area contributed by atoms with E-state index < -0.39 is 0 Å². The van der Waals surface area contributed by atoms with Crippen molar-refractivity contribution in [1.29, 1.82) is 0 Å². The summed E-state index contributed by atoms with van der Waals surface area (Å²) in [6.45, 7) is 5.70. The largest absolute Gasteiger partial charge is 0.295 e. The van der Waals surface area contributed by atoms with Crippen LogP contribution in [0, 0.1) is 5.92 Å². The number of ketones is 1. The van der Waals surface area contributed by atoms with E-state index in [1.807, 2.05) is 12.1 Å². The highest BCUT2D eigenvalue weighted by Gasteiger charge is 2.20. The minimum absolute atomic E-state index is 0.00810. The van der Waals surface area contributed by atoms with Crippen LogP contribution in [0.4, 0.5) is 4.39 Å². The van der Waals surface area contributed by atoms with Gasteiger partial charge in [-0.15, -0.1) is 0 Å². The van der Waals surface area contributed by atoms with Gasteiger partial charge in [0.2, 0.25) is 0 Å². The monoisotopic (exact) mass is 258 g/mol. The highest BCUT2D eigenvalue weighted by atomic mass is 19.1. The Morgan fingerprint density at radius 1 is 1.32 bits per heavy atom. The smallest absolute Gasteiger partial charge is 0.159 e. The van der Waals surface area contributed by atoms with Crippen molar-refractivity contribution < 1.29 is 9.18 Å². The number of carbonyl (C=O) groups is 1. The lowest BCUT2D eigenvalue weighted by atomic mass is 9.85.